The molecule has 4 rings (SSSR count). The van der Waals surface area contributed by atoms with E-state index in [9.17, 15) is 8.78 Å². The first kappa shape index (κ1) is 20.3. The van der Waals surface area contributed by atoms with Gasteiger partial charge >= 0.3 is 0 Å². The SMILES string of the molecule is Cc1cc(-c2nc3cc(F)c(F)cc3[nH]2)nn1Cc1cc(Cl)ccc1OCC(C)C. The molecule has 0 unspecified atom stereocenters. The molecule has 156 valence electrons. The van der Waals surface area contributed by atoms with Crippen LogP contribution in [0.5, 0.6) is 5.75 Å². The molecule has 0 amide bonds. The van der Waals surface area contributed by atoms with Gasteiger partial charge < -0.3 is 9.72 Å². The molecule has 0 aliphatic rings. The third-order valence-corrected chi connectivity index (χ3v) is 4.90. The Kier molecular flexibility index (Phi) is 5.47. The molecule has 2 aromatic carbocycles. The first-order valence-corrected chi connectivity index (χ1v) is 9.98. The summed E-state index contributed by atoms with van der Waals surface area (Å²) in [5.41, 5.74) is 3.15. The van der Waals surface area contributed by atoms with Crippen LogP contribution in [0.3, 0.4) is 0 Å². The third-order valence-electron chi connectivity index (χ3n) is 4.66. The van der Waals surface area contributed by atoms with Crippen LogP contribution in [0.1, 0.15) is 25.1 Å². The molecule has 0 spiro atoms. The van der Waals surface area contributed by atoms with Crippen molar-refractivity contribution >= 4 is 22.6 Å². The standard InChI is InChI=1S/C22H21ClF2N4O/c1-12(2)11-30-21-5-4-15(23)7-14(21)10-29-13(3)6-20(28-29)22-26-18-8-16(24)17(25)9-19(18)27-22/h4-9,12H,10-11H2,1-3H3,(H,26,27). The molecule has 0 atom stereocenters. The summed E-state index contributed by atoms with van der Waals surface area (Å²) < 4.78 is 34.7. The van der Waals surface area contributed by atoms with E-state index in [1.165, 1.54) is 0 Å². The molecular formula is C22H21ClF2N4O. The third kappa shape index (κ3) is 4.16. The van der Waals surface area contributed by atoms with E-state index in [1.807, 2.05) is 29.8 Å². The second-order valence-electron chi connectivity index (χ2n) is 7.65. The molecule has 8 heteroatoms. The lowest BCUT2D eigenvalue weighted by atomic mass is 10.2. The normalized spacial score (nSPS) is 11.6. The van der Waals surface area contributed by atoms with E-state index >= 15 is 0 Å². The molecule has 5 nitrogen and oxygen atoms in total. The summed E-state index contributed by atoms with van der Waals surface area (Å²) in [4.78, 5) is 7.34. The van der Waals surface area contributed by atoms with Crippen LogP contribution in [0.2, 0.25) is 5.02 Å². The fraction of sp³-hybridized carbons (Fsp3) is 0.273. The zero-order valence-electron chi connectivity index (χ0n) is 16.8. The molecule has 0 saturated carbocycles. The molecule has 2 heterocycles. The Morgan fingerprint density at radius 1 is 1.13 bits per heavy atom. The number of nitrogens with zero attached hydrogens (tertiary/aromatic N) is 3. The maximum Gasteiger partial charge on any atom is 0.161 e. The minimum absolute atomic E-state index is 0.343. The highest BCUT2D eigenvalue weighted by molar-refractivity contribution is 6.30. The Labute approximate surface area is 177 Å². The number of hydrogen-bond acceptors (Lipinski definition) is 3. The average Bonchev–Trinajstić information content (AvgIpc) is 3.25. The van der Waals surface area contributed by atoms with E-state index < -0.39 is 11.6 Å². The minimum Gasteiger partial charge on any atom is -0.493 e. The van der Waals surface area contributed by atoms with Crippen molar-refractivity contribution in [3.8, 4) is 17.3 Å². The topological polar surface area (TPSA) is 55.7 Å². The number of fused-ring (bicyclic) bond motifs is 1. The Morgan fingerprint density at radius 3 is 2.67 bits per heavy atom. The first-order valence-electron chi connectivity index (χ1n) is 9.61. The maximum absolute atomic E-state index is 13.5. The van der Waals surface area contributed by atoms with Crippen LogP contribution in [-0.4, -0.2) is 26.4 Å². The van der Waals surface area contributed by atoms with Gasteiger partial charge in [-0.15, -0.1) is 0 Å². The van der Waals surface area contributed by atoms with Crippen molar-refractivity contribution in [2.75, 3.05) is 6.61 Å². The highest BCUT2D eigenvalue weighted by atomic mass is 35.5. The van der Waals surface area contributed by atoms with Crippen molar-refractivity contribution in [1.29, 1.82) is 0 Å². The predicted molar refractivity (Wildman–Crippen MR) is 113 cm³/mol. The summed E-state index contributed by atoms with van der Waals surface area (Å²) in [6.45, 7) is 7.17. The van der Waals surface area contributed by atoms with Gasteiger partial charge in [-0.05, 0) is 37.1 Å². The number of halogens is 3. The van der Waals surface area contributed by atoms with E-state index in [4.69, 9.17) is 16.3 Å². The number of H-pyrrole nitrogens is 1. The lowest BCUT2D eigenvalue weighted by Gasteiger charge is -2.14. The van der Waals surface area contributed by atoms with E-state index in [0.29, 0.717) is 46.6 Å². The fourth-order valence-electron chi connectivity index (χ4n) is 3.14. The Bertz CT molecular complexity index is 1180. The Hall–Kier alpha value is -2.93. The second kappa shape index (κ2) is 8.07. The lowest BCUT2D eigenvalue weighted by Crippen LogP contribution is -2.09. The number of aromatic nitrogens is 4. The Morgan fingerprint density at radius 2 is 1.90 bits per heavy atom. The van der Waals surface area contributed by atoms with Gasteiger partial charge in [0.15, 0.2) is 17.5 Å². The van der Waals surface area contributed by atoms with Gasteiger partial charge in [0.1, 0.15) is 11.4 Å². The largest absolute Gasteiger partial charge is 0.493 e. The van der Waals surface area contributed by atoms with Gasteiger partial charge in [0, 0.05) is 28.4 Å². The predicted octanol–water partition coefficient (Wildman–Crippen LogP) is 5.75. The number of aromatic amines is 1. The van der Waals surface area contributed by atoms with Crippen LogP contribution < -0.4 is 4.74 Å². The Balaban J connectivity index is 1.65. The van der Waals surface area contributed by atoms with Gasteiger partial charge in [-0.25, -0.2) is 13.8 Å². The number of ether oxygens (including phenoxy) is 1. The zero-order chi connectivity index (χ0) is 21.4. The molecule has 0 saturated heterocycles. The van der Waals surface area contributed by atoms with Crippen molar-refractivity contribution in [3.05, 3.63) is 64.3 Å². The van der Waals surface area contributed by atoms with E-state index in [-0.39, 0.29) is 0 Å². The molecule has 30 heavy (non-hydrogen) atoms. The summed E-state index contributed by atoms with van der Waals surface area (Å²) in [6.07, 6.45) is 0. The van der Waals surface area contributed by atoms with Gasteiger partial charge in [-0.1, -0.05) is 25.4 Å². The van der Waals surface area contributed by atoms with Crippen molar-refractivity contribution in [2.45, 2.75) is 27.3 Å². The van der Waals surface area contributed by atoms with Gasteiger partial charge in [0.05, 0.1) is 24.2 Å². The molecule has 0 radical (unpaired) electrons. The molecule has 0 aliphatic carbocycles. The molecular weight excluding hydrogens is 410 g/mol. The van der Waals surface area contributed by atoms with Crippen LogP contribution in [0.4, 0.5) is 8.78 Å². The number of rotatable bonds is 6. The molecule has 2 aromatic heterocycles. The van der Waals surface area contributed by atoms with Gasteiger partial charge in [0.25, 0.3) is 0 Å². The maximum atomic E-state index is 13.5. The molecule has 4 aromatic rings. The summed E-state index contributed by atoms with van der Waals surface area (Å²) in [5, 5.41) is 5.24. The van der Waals surface area contributed by atoms with Crippen LogP contribution in [-0.2, 0) is 6.54 Å². The smallest absolute Gasteiger partial charge is 0.161 e. The quantitative estimate of drug-likeness (QED) is 0.423. The van der Waals surface area contributed by atoms with Crippen LogP contribution in [0.15, 0.2) is 36.4 Å². The van der Waals surface area contributed by atoms with Crippen molar-refractivity contribution in [3.63, 3.8) is 0 Å². The summed E-state index contributed by atoms with van der Waals surface area (Å²) >= 11 is 6.20. The molecule has 0 aliphatic heterocycles. The summed E-state index contributed by atoms with van der Waals surface area (Å²) in [5.74, 6) is -0.251. The highest BCUT2D eigenvalue weighted by Crippen LogP contribution is 2.26. The monoisotopic (exact) mass is 430 g/mol. The van der Waals surface area contributed by atoms with Crippen LogP contribution in [0, 0.1) is 24.5 Å². The zero-order valence-corrected chi connectivity index (χ0v) is 17.6. The average molecular weight is 431 g/mol. The van der Waals surface area contributed by atoms with Crippen molar-refractivity contribution < 1.29 is 13.5 Å². The minimum atomic E-state index is -0.933. The van der Waals surface area contributed by atoms with E-state index in [1.54, 1.807) is 6.07 Å². The second-order valence-corrected chi connectivity index (χ2v) is 8.09. The molecule has 0 bridgehead atoms. The van der Waals surface area contributed by atoms with Crippen molar-refractivity contribution in [1.82, 2.24) is 19.7 Å². The van der Waals surface area contributed by atoms with Crippen molar-refractivity contribution in [2.24, 2.45) is 5.92 Å². The number of nitrogens with one attached hydrogen (secondary N) is 1. The fourth-order valence-corrected chi connectivity index (χ4v) is 3.34. The van der Waals surface area contributed by atoms with Crippen LogP contribution >= 0.6 is 11.6 Å². The lowest BCUT2D eigenvalue weighted by molar-refractivity contribution is 0.268. The number of imidazole rings is 1. The van der Waals surface area contributed by atoms with Gasteiger partial charge in [-0.3, -0.25) is 4.68 Å². The summed E-state index contributed by atoms with van der Waals surface area (Å²) in [7, 11) is 0. The van der Waals surface area contributed by atoms with E-state index in [2.05, 4.69) is 28.9 Å². The highest BCUT2D eigenvalue weighted by Gasteiger charge is 2.15. The molecule has 0 fully saturated rings. The number of hydrogen-bond donors (Lipinski definition) is 1. The summed E-state index contributed by atoms with van der Waals surface area (Å²) in [6, 6.07) is 9.55. The van der Waals surface area contributed by atoms with E-state index in [0.717, 1.165) is 29.1 Å². The van der Waals surface area contributed by atoms with Crippen LogP contribution in [0.25, 0.3) is 22.6 Å². The van der Waals surface area contributed by atoms with Gasteiger partial charge in [-0.2, -0.15) is 5.10 Å². The molecule has 1 N–H and O–H groups in total. The first-order chi connectivity index (χ1) is 14.3. The van der Waals surface area contributed by atoms with Gasteiger partial charge in [0.2, 0.25) is 0 Å². The number of benzene rings is 2. The number of aryl methyl sites for hydroxylation is 1.